The van der Waals surface area contributed by atoms with Crippen molar-refractivity contribution in [2.45, 2.75) is 185 Å². The Morgan fingerprint density at radius 1 is 0.362 bits per heavy atom. The van der Waals surface area contributed by atoms with Gasteiger partial charge in [0.05, 0.1) is 143 Å². The Morgan fingerprint density at radius 3 is 1.16 bits per heavy atom. The van der Waals surface area contributed by atoms with Gasteiger partial charge in [0, 0.05) is 134 Å². The standard InChI is InChI=1S/C26H30N6O.C25H28N6O.C22H23N7O.C22H21N5O.C19H20N6O/c1-7-19-22-10-21(29-32(22)14-16(2)27-19)20-11-24(33)31-15-17(8-9-23(31)28-20)18-12-25(3,4)30-26(5,6)13-18;1-15-13-31-21(16(2)26-15)9-20(28-31)19-10-23(32)30-14-17(7-8-22(30)27-19)18-11-24(3,4)29-25(5,6)12-18;1-13-9-29-20(14(2)24-13)5-19(26-29)18-6-22(30)28-12-17(3-4-21(28)25-18)27-10-15-7-23-8-16(15)11-27;1-14-11-26-12-18(9-20(26)15(2)24-14)19-10-22(28)27-13-17(3-4-21(27)25-19)16-5-7-23-8-6-16;1-12-10-25-17(13(2)21-12)8-16(23-25)15-9-19(26)24-11-14(4-3-7-20)5-6-18(24)22-15/h8-12,14-15,30H,7,13H2,1-6H3;7-11,13-14,29H,12H2,1-6H3;3-6,9,12,15-16,23H,7-8,10-11H2,1-2H3;3-5,9-13,23H,6-8H2,1-2H3;5-6,8-11H,3-4,7,20H2,1-2H3/t;;15-,16+;;. The molecule has 35 nitrogen and oxygen atoms in total. The van der Waals surface area contributed by atoms with Crippen LogP contribution in [0.1, 0.15) is 167 Å². The number of nitrogens with one attached hydrogen (secondary N) is 4. The van der Waals surface area contributed by atoms with Gasteiger partial charge >= 0.3 is 0 Å². The van der Waals surface area contributed by atoms with Crippen LogP contribution in [0.2, 0.25) is 0 Å². The molecule has 25 heterocycles. The van der Waals surface area contributed by atoms with Crippen molar-refractivity contribution in [1.82, 2.24) is 136 Å². The van der Waals surface area contributed by atoms with E-state index >= 15 is 0 Å². The molecule has 5 aliphatic heterocycles. The average Bonchev–Trinajstić information content (AvgIpc) is 1.70. The van der Waals surface area contributed by atoms with Crippen LogP contribution in [0.5, 0.6) is 0 Å². The lowest BCUT2D eigenvalue weighted by molar-refractivity contribution is 0.297. The lowest BCUT2D eigenvalue weighted by Gasteiger charge is -2.41. The Kier molecular flexibility index (Phi) is 25.8. The highest BCUT2D eigenvalue weighted by Gasteiger charge is 2.38. The average molecular weight is 1990 g/mol. The van der Waals surface area contributed by atoms with Crippen molar-refractivity contribution in [1.29, 1.82) is 0 Å². The highest BCUT2D eigenvalue weighted by Crippen LogP contribution is 2.38. The van der Waals surface area contributed by atoms with E-state index in [1.165, 1.54) is 22.8 Å². The van der Waals surface area contributed by atoms with E-state index in [4.69, 9.17) is 25.7 Å². The maximum absolute atomic E-state index is 13.1. The number of hydrogen-bond donors (Lipinski definition) is 5. The lowest BCUT2D eigenvalue weighted by atomic mass is 9.81. The van der Waals surface area contributed by atoms with Crippen LogP contribution in [0.25, 0.3) is 129 Å². The second kappa shape index (κ2) is 38.9. The summed E-state index contributed by atoms with van der Waals surface area (Å²) in [5.74, 6) is 1.41. The summed E-state index contributed by atoms with van der Waals surface area (Å²) in [5.41, 5.74) is 37.3. The molecule has 2 fully saturated rings. The summed E-state index contributed by atoms with van der Waals surface area (Å²) in [6.45, 7) is 43.9. The number of nitrogens with zero attached hydrogens (tertiary/aromatic N) is 25. The van der Waals surface area contributed by atoms with E-state index in [2.05, 4.69) is 181 Å². The van der Waals surface area contributed by atoms with Crippen molar-refractivity contribution in [3.05, 3.63) is 339 Å². The van der Waals surface area contributed by atoms with Crippen molar-refractivity contribution < 1.29 is 0 Å². The predicted octanol–water partition coefficient (Wildman–Crippen LogP) is 14.8. The molecule has 5 aliphatic rings. The first kappa shape index (κ1) is 98.8. The normalized spacial score (nSPS) is 16.6. The molecule has 6 N–H and O–H groups in total. The van der Waals surface area contributed by atoms with Gasteiger partial charge in [0.1, 0.15) is 51.0 Å². The van der Waals surface area contributed by atoms with Gasteiger partial charge in [-0.25, -0.2) is 43.0 Å². The monoisotopic (exact) mass is 1990 g/mol. The van der Waals surface area contributed by atoms with Gasteiger partial charge < -0.3 is 36.3 Å². The van der Waals surface area contributed by atoms with Gasteiger partial charge in [-0.1, -0.05) is 31.2 Å². The molecular weight excluding hydrogens is 1870 g/mol. The Hall–Kier alpha value is -16.2. The van der Waals surface area contributed by atoms with Gasteiger partial charge in [0.15, 0.2) is 0 Å². The van der Waals surface area contributed by atoms with Gasteiger partial charge in [0.25, 0.3) is 27.8 Å². The quantitative estimate of drug-likeness (QED) is 0.0715. The van der Waals surface area contributed by atoms with Gasteiger partial charge in [0.2, 0.25) is 0 Å². The second-order valence-corrected chi connectivity index (χ2v) is 42.5. The molecule has 0 amide bonds. The Bertz CT molecular complexity index is 9230. The molecule has 0 radical (unpaired) electrons. The molecule has 20 aromatic rings. The predicted molar refractivity (Wildman–Crippen MR) is 584 cm³/mol. The number of aryl methyl sites for hydroxylation is 11. The first-order valence-corrected chi connectivity index (χ1v) is 50.8. The van der Waals surface area contributed by atoms with Crippen molar-refractivity contribution >= 4 is 78.2 Å². The number of nitrogens with two attached hydrogens (primary N) is 1. The molecule has 35 heteroatoms. The summed E-state index contributed by atoms with van der Waals surface area (Å²) < 4.78 is 17.3. The van der Waals surface area contributed by atoms with E-state index < -0.39 is 0 Å². The van der Waals surface area contributed by atoms with E-state index in [0.717, 1.165) is 196 Å². The summed E-state index contributed by atoms with van der Waals surface area (Å²) in [6.07, 6.45) is 33.0. The third-order valence-corrected chi connectivity index (χ3v) is 28.1. The van der Waals surface area contributed by atoms with E-state index in [-0.39, 0.29) is 50.0 Å². The third kappa shape index (κ3) is 20.5. The van der Waals surface area contributed by atoms with E-state index in [9.17, 15) is 24.0 Å². The molecule has 20 aromatic heterocycles. The number of anilines is 1. The zero-order valence-corrected chi connectivity index (χ0v) is 87.3. The van der Waals surface area contributed by atoms with Crippen molar-refractivity contribution in [3.63, 3.8) is 0 Å². The summed E-state index contributed by atoms with van der Waals surface area (Å²) in [4.78, 5) is 113. The molecule has 149 heavy (non-hydrogen) atoms. The molecule has 0 unspecified atom stereocenters. The zero-order chi connectivity index (χ0) is 104. The minimum atomic E-state index is -0.123. The number of rotatable bonds is 13. The van der Waals surface area contributed by atoms with Crippen LogP contribution in [-0.2, 0) is 12.8 Å². The Morgan fingerprint density at radius 2 is 0.738 bits per heavy atom. The van der Waals surface area contributed by atoms with Gasteiger partial charge in [-0.2, -0.15) is 20.4 Å². The minimum Gasteiger partial charge on any atom is -0.370 e. The van der Waals surface area contributed by atoms with Gasteiger partial charge in [-0.3, -0.25) is 70.9 Å². The molecule has 25 rings (SSSR count). The second-order valence-electron chi connectivity index (χ2n) is 42.5. The van der Waals surface area contributed by atoms with Crippen LogP contribution in [-0.4, -0.2) is 183 Å². The zero-order valence-electron chi connectivity index (χ0n) is 87.3. The first-order chi connectivity index (χ1) is 71.2. The van der Waals surface area contributed by atoms with Crippen LogP contribution in [0, 0.1) is 74.1 Å². The highest BCUT2D eigenvalue weighted by atomic mass is 16.1. The largest absolute Gasteiger partial charge is 0.370 e. The Labute approximate surface area is 858 Å². The van der Waals surface area contributed by atoms with Crippen LogP contribution >= 0.6 is 0 Å². The van der Waals surface area contributed by atoms with Crippen LogP contribution in [0.15, 0.2) is 232 Å². The van der Waals surface area contributed by atoms with Gasteiger partial charge in [-0.15, -0.1) is 0 Å². The molecule has 0 spiro atoms. The number of hydrogen-bond acceptors (Lipinski definition) is 25. The summed E-state index contributed by atoms with van der Waals surface area (Å²) in [7, 11) is 0. The maximum Gasteiger partial charge on any atom is 0.258 e. The maximum atomic E-state index is 13.1. The fourth-order valence-electron chi connectivity index (χ4n) is 22.0. The van der Waals surface area contributed by atoms with Crippen LogP contribution in [0.3, 0.4) is 0 Å². The van der Waals surface area contributed by atoms with Crippen molar-refractivity contribution in [2.75, 3.05) is 50.7 Å². The first-order valence-electron chi connectivity index (χ1n) is 50.8. The smallest absolute Gasteiger partial charge is 0.258 e. The molecule has 0 saturated carbocycles. The summed E-state index contributed by atoms with van der Waals surface area (Å²) in [5, 5.41) is 32.6. The molecule has 0 aromatic carbocycles. The lowest BCUT2D eigenvalue weighted by Crippen LogP contribution is -2.53. The minimum absolute atomic E-state index is 0.0237. The topological polar surface area (TPSA) is 387 Å². The number of pyridine rings is 5. The number of fused-ring (bicyclic) bond motifs is 11. The molecule has 0 aliphatic carbocycles. The third-order valence-electron chi connectivity index (χ3n) is 28.1. The Balaban J connectivity index is 0.000000109. The summed E-state index contributed by atoms with van der Waals surface area (Å²) >= 11 is 0. The van der Waals surface area contributed by atoms with Crippen molar-refractivity contribution in [3.8, 4) is 56.8 Å². The molecule has 2 atom stereocenters. The SMILES string of the molecule is CCc1nc(C)cn2nc(-c3cc(=O)n4cc(C5=CC(C)(C)NC(C)(C)C5)ccc4n3)cc12.Cc1cn2cc(-c3cc(=O)n4cc(C5=CCNCC5)ccc4n3)cc2c(C)n1.Cc1cn2nc(-c3cc(=O)n4cc(C5=CC(C)(C)NC(C)(C)C5)ccc4n3)cc2c(C)n1.Cc1cn2nc(-c3cc(=O)n4cc(CCCN)ccc4n3)cc2c(C)n1.Cc1cn2nc(-c3cc(=O)n4cc(N5C[C@H]6CNC[C@H]6C5)ccc4n3)cc2c(C)n1. The fourth-order valence-corrected chi connectivity index (χ4v) is 22.0. The molecule has 0 bridgehead atoms. The van der Waals surface area contributed by atoms with Crippen LogP contribution in [0.4, 0.5) is 5.69 Å². The van der Waals surface area contributed by atoms with Crippen molar-refractivity contribution in [2.24, 2.45) is 17.6 Å². The molecule has 758 valence electrons. The highest BCUT2D eigenvalue weighted by molar-refractivity contribution is 5.77. The number of aromatic nitrogens is 24. The van der Waals surface area contributed by atoms with Crippen LogP contribution < -0.4 is 59.7 Å². The molecular formula is C114H122N30O5. The van der Waals surface area contributed by atoms with E-state index in [1.807, 2.05) is 206 Å². The fraction of sp³-hybridized carbons (Fsp3) is 0.325. The van der Waals surface area contributed by atoms with E-state index in [0.29, 0.717) is 97.9 Å². The molecule has 2 saturated heterocycles. The van der Waals surface area contributed by atoms with E-state index in [1.54, 1.807) is 59.8 Å². The van der Waals surface area contributed by atoms with Gasteiger partial charge in [-0.05, 0) is 305 Å². The summed E-state index contributed by atoms with van der Waals surface area (Å²) in [6, 6.07) is 37.4.